The Bertz CT molecular complexity index is 507. The van der Waals surface area contributed by atoms with Crippen molar-refractivity contribution in [2.45, 2.75) is 52.5 Å². The van der Waals surface area contributed by atoms with Crippen molar-refractivity contribution < 1.29 is 4.79 Å². The average Bonchev–Trinajstić information content (AvgIpc) is 2.48. The van der Waals surface area contributed by atoms with E-state index in [0.717, 1.165) is 36.4 Å². The highest BCUT2D eigenvalue weighted by molar-refractivity contribution is 5.95. The first kappa shape index (κ1) is 16.8. The van der Waals surface area contributed by atoms with Gasteiger partial charge in [0.1, 0.15) is 0 Å². The molecule has 1 aliphatic rings. The van der Waals surface area contributed by atoms with Gasteiger partial charge in [0, 0.05) is 11.4 Å². The van der Waals surface area contributed by atoms with E-state index in [2.05, 4.69) is 31.0 Å². The number of hydrogen-bond donors (Lipinski definition) is 2. The summed E-state index contributed by atoms with van der Waals surface area (Å²) >= 11 is 0. The maximum absolute atomic E-state index is 12.7. The highest BCUT2D eigenvalue weighted by Crippen LogP contribution is 2.22. The number of nitrogens with two attached hydrogens (primary N) is 1. The van der Waals surface area contributed by atoms with Crippen LogP contribution in [0, 0.1) is 5.92 Å². The quantitative estimate of drug-likeness (QED) is 0.821. The Morgan fingerprint density at radius 3 is 2.50 bits per heavy atom. The van der Waals surface area contributed by atoms with Crippen LogP contribution in [0.2, 0.25) is 0 Å². The smallest absolute Gasteiger partial charge is 0.241 e. The minimum atomic E-state index is -0.0626. The molecule has 4 heteroatoms. The standard InChI is InChI=1S/C18H29N3O/c1-4-14-8-9-15(12-16(14)19)20-18(22)17(13(2)3)21-10-6-5-7-11-21/h8-9,12-13,17H,4-7,10-11,19H2,1-3H3,(H,20,22). The fraction of sp³-hybridized carbons (Fsp3) is 0.611. The molecule has 122 valence electrons. The van der Waals surface area contributed by atoms with Crippen molar-refractivity contribution in [2.75, 3.05) is 24.1 Å². The van der Waals surface area contributed by atoms with Crippen LogP contribution >= 0.6 is 0 Å². The molecular weight excluding hydrogens is 274 g/mol. The van der Waals surface area contributed by atoms with E-state index in [-0.39, 0.29) is 11.9 Å². The van der Waals surface area contributed by atoms with Gasteiger partial charge in [-0.25, -0.2) is 0 Å². The molecule has 1 heterocycles. The molecule has 0 radical (unpaired) electrons. The number of carbonyl (C=O) groups excluding carboxylic acids is 1. The minimum absolute atomic E-state index is 0.0626. The third kappa shape index (κ3) is 4.01. The van der Waals surface area contributed by atoms with Gasteiger partial charge >= 0.3 is 0 Å². The van der Waals surface area contributed by atoms with Crippen LogP contribution in [0.1, 0.15) is 45.6 Å². The predicted octanol–water partition coefficient (Wildman–Crippen LogP) is 3.28. The second-order valence-electron chi connectivity index (χ2n) is 6.54. The zero-order chi connectivity index (χ0) is 16.1. The topological polar surface area (TPSA) is 58.4 Å². The molecule has 0 saturated carbocycles. The van der Waals surface area contributed by atoms with Crippen LogP contribution in [0.15, 0.2) is 18.2 Å². The van der Waals surface area contributed by atoms with Gasteiger partial charge in [-0.05, 0) is 56.0 Å². The number of piperidine rings is 1. The highest BCUT2D eigenvalue weighted by Gasteiger charge is 2.29. The van der Waals surface area contributed by atoms with Crippen molar-refractivity contribution in [3.8, 4) is 0 Å². The molecule has 0 aliphatic carbocycles. The SMILES string of the molecule is CCc1ccc(NC(=O)C(C(C)C)N2CCCCC2)cc1N. The fourth-order valence-electron chi connectivity index (χ4n) is 3.30. The summed E-state index contributed by atoms with van der Waals surface area (Å²) in [6, 6.07) is 5.74. The summed E-state index contributed by atoms with van der Waals surface area (Å²) in [5.74, 6) is 0.380. The number of carbonyl (C=O) groups is 1. The Balaban J connectivity index is 2.09. The number of nitrogens with zero attached hydrogens (tertiary/aromatic N) is 1. The van der Waals surface area contributed by atoms with Crippen LogP contribution in [0.3, 0.4) is 0 Å². The monoisotopic (exact) mass is 303 g/mol. The van der Waals surface area contributed by atoms with E-state index in [4.69, 9.17) is 5.73 Å². The highest BCUT2D eigenvalue weighted by atomic mass is 16.2. The number of rotatable bonds is 5. The van der Waals surface area contributed by atoms with E-state index < -0.39 is 0 Å². The second kappa shape index (κ2) is 7.63. The van der Waals surface area contributed by atoms with Crippen molar-refractivity contribution in [1.29, 1.82) is 0 Å². The number of nitrogens with one attached hydrogen (secondary N) is 1. The van der Waals surface area contributed by atoms with E-state index in [1.807, 2.05) is 18.2 Å². The molecule has 1 saturated heterocycles. The average molecular weight is 303 g/mol. The lowest BCUT2D eigenvalue weighted by molar-refractivity contribution is -0.123. The molecule has 1 aliphatic heterocycles. The number of benzene rings is 1. The summed E-state index contributed by atoms with van der Waals surface area (Å²) < 4.78 is 0. The largest absolute Gasteiger partial charge is 0.398 e. The molecule has 0 bridgehead atoms. The van der Waals surface area contributed by atoms with Crippen LogP contribution < -0.4 is 11.1 Å². The molecule has 2 rings (SSSR count). The summed E-state index contributed by atoms with van der Waals surface area (Å²) in [5, 5.41) is 3.05. The number of likely N-dealkylation sites (tertiary alicyclic amines) is 1. The molecule has 1 atom stereocenters. The van der Waals surface area contributed by atoms with Crippen LogP contribution in [0.4, 0.5) is 11.4 Å². The number of hydrogen-bond acceptors (Lipinski definition) is 3. The molecule has 1 amide bonds. The van der Waals surface area contributed by atoms with Gasteiger partial charge in [0.25, 0.3) is 0 Å². The van der Waals surface area contributed by atoms with Crippen molar-refractivity contribution in [3.05, 3.63) is 23.8 Å². The Labute approximate surface area is 134 Å². The number of aryl methyl sites for hydroxylation is 1. The Kier molecular flexibility index (Phi) is 5.83. The molecule has 1 aromatic carbocycles. The third-order valence-electron chi connectivity index (χ3n) is 4.48. The van der Waals surface area contributed by atoms with Crippen molar-refractivity contribution in [1.82, 2.24) is 4.90 Å². The molecular formula is C18H29N3O. The molecule has 1 unspecified atom stereocenters. The van der Waals surface area contributed by atoms with Gasteiger partial charge in [-0.3, -0.25) is 9.69 Å². The maximum atomic E-state index is 12.7. The number of amides is 1. The Morgan fingerprint density at radius 2 is 1.95 bits per heavy atom. The first-order valence-corrected chi connectivity index (χ1v) is 8.46. The lowest BCUT2D eigenvalue weighted by atomic mass is 9.98. The normalized spacial score (nSPS) is 17.5. The number of anilines is 2. The van der Waals surface area contributed by atoms with Gasteiger partial charge in [0.2, 0.25) is 5.91 Å². The molecule has 1 fully saturated rings. The van der Waals surface area contributed by atoms with Crippen LogP contribution in [0.25, 0.3) is 0 Å². The van der Waals surface area contributed by atoms with Gasteiger partial charge in [-0.2, -0.15) is 0 Å². The molecule has 22 heavy (non-hydrogen) atoms. The van der Waals surface area contributed by atoms with E-state index in [9.17, 15) is 4.79 Å². The molecule has 0 aromatic heterocycles. The summed E-state index contributed by atoms with van der Waals surface area (Å²) in [4.78, 5) is 15.1. The molecule has 4 nitrogen and oxygen atoms in total. The predicted molar refractivity (Wildman–Crippen MR) is 92.9 cm³/mol. The fourth-order valence-corrected chi connectivity index (χ4v) is 3.30. The van der Waals surface area contributed by atoms with Gasteiger partial charge in [-0.1, -0.05) is 33.3 Å². The van der Waals surface area contributed by atoms with Crippen molar-refractivity contribution >= 4 is 17.3 Å². The van der Waals surface area contributed by atoms with E-state index >= 15 is 0 Å². The summed E-state index contributed by atoms with van der Waals surface area (Å²) in [6.45, 7) is 8.36. The summed E-state index contributed by atoms with van der Waals surface area (Å²) in [7, 11) is 0. The van der Waals surface area contributed by atoms with Gasteiger partial charge in [0.15, 0.2) is 0 Å². The Hall–Kier alpha value is -1.55. The van der Waals surface area contributed by atoms with Gasteiger partial charge in [-0.15, -0.1) is 0 Å². The van der Waals surface area contributed by atoms with Crippen LogP contribution in [0.5, 0.6) is 0 Å². The lowest BCUT2D eigenvalue weighted by Gasteiger charge is -2.35. The first-order valence-electron chi connectivity index (χ1n) is 8.46. The van der Waals surface area contributed by atoms with Crippen molar-refractivity contribution in [2.24, 2.45) is 5.92 Å². The zero-order valence-electron chi connectivity index (χ0n) is 14.1. The molecule has 0 spiro atoms. The minimum Gasteiger partial charge on any atom is -0.398 e. The summed E-state index contributed by atoms with van der Waals surface area (Å²) in [6.07, 6.45) is 4.56. The van der Waals surface area contributed by atoms with Gasteiger partial charge < -0.3 is 11.1 Å². The maximum Gasteiger partial charge on any atom is 0.241 e. The summed E-state index contributed by atoms with van der Waals surface area (Å²) in [5.41, 5.74) is 8.69. The van der Waals surface area contributed by atoms with E-state index in [1.54, 1.807) is 0 Å². The van der Waals surface area contributed by atoms with Crippen LogP contribution in [-0.4, -0.2) is 29.9 Å². The number of nitrogen functional groups attached to an aromatic ring is 1. The van der Waals surface area contributed by atoms with Gasteiger partial charge in [0.05, 0.1) is 6.04 Å². The Morgan fingerprint density at radius 1 is 1.27 bits per heavy atom. The van der Waals surface area contributed by atoms with E-state index in [0.29, 0.717) is 5.92 Å². The molecule has 3 N–H and O–H groups in total. The first-order chi connectivity index (χ1) is 10.5. The second-order valence-corrected chi connectivity index (χ2v) is 6.54. The zero-order valence-corrected chi connectivity index (χ0v) is 14.1. The van der Waals surface area contributed by atoms with E-state index in [1.165, 1.54) is 19.3 Å². The third-order valence-corrected chi connectivity index (χ3v) is 4.48. The van der Waals surface area contributed by atoms with Crippen LogP contribution in [-0.2, 0) is 11.2 Å². The molecule has 1 aromatic rings. The van der Waals surface area contributed by atoms with Crippen molar-refractivity contribution in [3.63, 3.8) is 0 Å². The lowest BCUT2D eigenvalue weighted by Crippen LogP contribution is -2.49.